The fraction of sp³-hybridized carbons (Fsp3) is 0.115. The van der Waals surface area contributed by atoms with Crippen molar-refractivity contribution in [3.05, 3.63) is 90.1 Å². The second-order valence-electron chi connectivity index (χ2n) is 7.49. The van der Waals surface area contributed by atoms with Crippen LogP contribution in [-0.4, -0.2) is 27.6 Å². The number of aromatic nitrogens is 3. The molecule has 5 rings (SSSR count). The summed E-state index contributed by atoms with van der Waals surface area (Å²) in [5.41, 5.74) is 3.32. The summed E-state index contributed by atoms with van der Waals surface area (Å²) in [5, 5.41) is 5.34. The van der Waals surface area contributed by atoms with Gasteiger partial charge < -0.3 is 19.4 Å². The quantitative estimate of drug-likeness (QED) is 0.329. The van der Waals surface area contributed by atoms with Crippen molar-refractivity contribution in [2.24, 2.45) is 0 Å². The standard InChI is InChI=1S/C26H22N4O3S/c1-32-23-14-8-5-11-19(23)21-17-34-26(28-21)29-25(31)15-30-22-13-7-6-12-20(22)27-24(30)16-33-18-9-3-2-4-10-18/h2-14,17H,15-16H2,1H3,(H,28,29,31). The van der Waals surface area contributed by atoms with Gasteiger partial charge in [0.05, 0.1) is 23.8 Å². The Morgan fingerprint density at radius 3 is 2.59 bits per heavy atom. The van der Waals surface area contributed by atoms with E-state index in [0.29, 0.717) is 11.0 Å². The molecule has 7 nitrogen and oxygen atoms in total. The van der Waals surface area contributed by atoms with Crippen LogP contribution in [0.5, 0.6) is 11.5 Å². The monoisotopic (exact) mass is 470 g/mol. The normalized spacial score (nSPS) is 10.9. The van der Waals surface area contributed by atoms with Gasteiger partial charge in [0.25, 0.3) is 0 Å². The van der Waals surface area contributed by atoms with Gasteiger partial charge in [-0.2, -0.15) is 0 Å². The molecule has 34 heavy (non-hydrogen) atoms. The Labute approximate surface area is 200 Å². The number of thiazole rings is 1. The van der Waals surface area contributed by atoms with E-state index in [1.54, 1.807) is 7.11 Å². The number of carbonyl (C=O) groups is 1. The molecule has 2 heterocycles. The van der Waals surface area contributed by atoms with Crippen LogP contribution in [0.3, 0.4) is 0 Å². The molecule has 5 aromatic rings. The van der Waals surface area contributed by atoms with E-state index in [2.05, 4.69) is 15.3 Å². The van der Waals surface area contributed by atoms with Crippen LogP contribution in [0.4, 0.5) is 5.13 Å². The van der Waals surface area contributed by atoms with E-state index in [9.17, 15) is 4.79 Å². The van der Waals surface area contributed by atoms with Gasteiger partial charge in [-0.25, -0.2) is 9.97 Å². The lowest BCUT2D eigenvalue weighted by molar-refractivity contribution is -0.116. The fourth-order valence-corrected chi connectivity index (χ4v) is 4.42. The lowest BCUT2D eigenvalue weighted by Crippen LogP contribution is -2.20. The van der Waals surface area contributed by atoms with Gasteiger partial charge in [-0.3, -0.25) is 4.79 Å². The molecule has 1 amide bonds. The lowest BCUT2D eigenvalue weighted by atomic mass is 10.1. The van der Waals surface area contributed by atoms with E-state index in [0.717, 1.165) is 33.8 Å². The van der Waals surface area contributed by atoms with Crippen molar-refractivity contribution in [2.45, 2.75) is 13.2 Å². The maximum Gasteiger partial charge on any atom is 0.246 e. The summed E-state index contributed by atoms with van der Waals surface area (Å²) in [6, 6.07) is 24.9. The highest BCUT2D eigenvalue weighted by molar-refractivity contribution is 7.14. The number of imidazole rings is 1. The minimum atomic E-state index is -0.190. The van der Waals surface area contributed by atoms with Crippen molar-refractivity contribution in [2.75, 3.05) is 12.4 Å². The Morgan fingerprint density at radius 2 is 1.74 bits per heavy atom. The smallest absolute Gasteiger partial charge is 0.246 e. The minimum Gasteiger partial charge on any atom is -0.496 e. The summed E-state index contributed by atoms with van der Waals surface area (Å²) < 4.78 is 13.2. The van der Waals surface area contributed by atoms with Crippen molar-refractivity contribution in [1.82, 2.24) is 14.5 Å². The predicted molar refractivity (Wildman–Crippen MR) is 133 cm³/mol. The zero-order valence-corrected chi connectivity index (χ0v) is 19.3. The second kappa shape index (κ2) is 9.76. The zero-order valence-electron chi connectivity index (χ0n) is 18.5. The third kappa shape index (κ3) is 4.62. The highest BCUT2D eigenvalue weighted by Crippen LogP contribution is 2.32. The highest BCUT2D eigenvalue weighted by atomic mass is 32.1. The van der Waals surface area contributed by atoms with Gasteiger partial charge in [-0.1, -0.05) is 42.5 Å². The average molecular weight is 471 g/mol. The van der Waals surface area contributed by atoms with Crippen LogP contribution in [0.2, 0.25) is 0 Å². The van der Waals surface area contributed by atoms with Crippen molar-refractivity contribution < 1.29 is 14.3 Å². The molecular formula is C26H22N4O3S. The summed E-state index contributed by atoms with van der Waals surface area (Å²) in [4.78, 5) is 22.2. The third-order valence-corrected chi connectivity index (χ3v) is 6.04. The van der Waals surface area contributed by atoms with Crippen LogP contribution in [-0.2, 0) is 17.9 Å². The largest absolute Gasteiger partial charge is 0.496 e. The highest BCUT2D eigenvalue weighted by Gasteiger charge is 2.16. The zero-order chi connectivity index (χ0) is 23.3. The number of nitrogens with zero attached hydrogens (tertiary/aromatic N) is 3. The number of methoxy groups -OCH3 is 1. The van der Waals surface area contributed by atoms with E-state index >= 15 is 0 Å². The molecule has 0 aliphatic carbocycles. The number of para-hydroxylation sites is 4. The first-order valence-corrected chi connectivity index (χ1v) is 11.6. The molecule has 0 unspecified atom stereocenters. The minimum absolute atomic E-state index is 0.0948. The summed E-state index contributed by atoms with van der Waals surface area (Å²) in [6.45, 7) is 0.346. The van der Waals surface area contributed by atoms with Crippen LogP contribution >= 0.6 is 11.3 Å². The summed E-state index contributed by atoms with van der Waals surface area (Å²) in [7, 11) is 1.63. The van der Waals surface area contributed by atoms with E-state index < -0.39 is 0 Å². The van der Waals surface area contributed by atoms with Crippen LogP contribution in [0, 0.1) is 0 Å². The van der Waals surface area contributed by atoms with Crippen LogP contribution in [0.15, 0.2) is 84.2 Å². The second-order valence-corrected chi connectivity index (χ2v) is 8.35. The van der Waals surface area contributed by atoms with E-state index in [1.807, 2.05) is 88.8 Å². The van der Waals surface area contributed by atoms with Gasteiger partial charge in [0.2, 0.25) is 5.91 Å². The molecule has 0 aliphatic rings. The fourth-order valence-electron chi connectivity index (χ4n) is 3.69. The Morgan fingerprint density at radius 1 is 0.971 bits per heavy atom. The van der Waals surface area contributed by atoms with E-state index in [4.69, 9.17) is 9.47 Å². The summed E-state index contributed by atoms with van der Waals surface area (Å²) >= 11 is 1.37. The van der Waals surface area contributed by atoms with Gasteiger partial charge in [0.1, 0.15) is 30.5 Å². The molecule has 2 aromatic heterocycles. The predicted octanol–water partition coefficient (Wildman–Crippen LogP) is 5.39. The number of amides is 1. The lowest BCUT2D eigenvalue weighted by Gasteiger charge is -2.10. The number of fused-ring (bicyclic) bond motifs is 1. The third-order valence-electron chi connectivity index (χ3n) is 5.28. The van der Waals surface area contributed by atoms with Crippen LogP contribution in [0.25, 0.3) is 22.3 Å². The maximum atomic E-state index is 13.0. The first-order chi connectivity index (χ1) is 16.7. The Balaban J connectivity index is 1.34. The number of ether oxygens (including phenoxy) is 2. The van der Waals surface area contributed by atoms with Crippen LogP contribution in [0.1, 0.15) is 5.82 Å². The Hall–Kier alpha value is -4.17. The molecule has 0 atom stereocenters. The van der Waals surface area contributed by atoms with Gasteiger partial charge in [-0.05, 0) is 36.4 Å². The average Bonchev–Trinajstić information content (AvgIpc) is 3.48. The number of benzene rings is 3. The topological polar surface area (TPSA) is 78.3 Å². The van der Waals surface area contributed by atoms with E-state index in [-0.39, 0.29) is 19.1 Å². The number of nitrogens with one attached hydrogen (secondary N) is 1. The number of rotatable bonds is 8. The summed E-state index contributed by atoms with van der Waals surface area (Å²) in [6.07, 6.45) is 0. The Kier molecular flexibility index (Phi) is 6.22. The first-order valence-electron chi connectivity index (χ1n) is 10.7. The molecule has 0 spiro atoms. The van der Waals surface area contributed by atoms with Gasteiger partial charge in [0, 0.05) is 10.9 Å². The molecule has 8 heteroatoms. The van der Waals surface area contributed by atoms with Crippen LogP contribution < -0.4 is 14.8 Å². The summed E-state index contributed by atoms with van der Waals surface area (Å²) in [5.74, 6) is 1.97. The van der Waals surface area contributed by atoms with Crippen molar-refractivity contribution in [3.63, 3.8) is 0 Å². The Bertz CT molecular complexity index is 1430. The molecule has 0 radical (unpaired) electrons. The molecule has 0 saturated carbocycles. The van der Waals surface area contributed by atoms with Gasteiger partial charge >= 0.3 is 0 Å². The molecule has 1 N–H and O–H groups in total. The molecule has 0 saturated heterocycles. The maximum absolute atomic E-state index is 13.0. The molecule has 0 aliphatic heterocycles. The molecule has 170 valence electrons. The SMILES string of the molecule is COc1ccccc1-c1csc(NC(=O)Cn2c(COc3ccccc3)nc3ccccc32)n1. The number of hydrogen-bond acceptors (Lipinski definition) is 6. The molecular weight excluding hydrogens is 448 g/mol. The number of carbonyl (C=O) groups excluding carboxylic acids is 1. The molecule has 0 fully saturated rings. The van der Waals surface area contributed by atoms with E-state index in [1.165, 1.54) is 11.3 Å². The van der Waals surface area contributed by atoms with Gasteiger partial charge in [0.15, 0.2) is 5.13 Å². The van der Waals surface area contributed by atoms with Gasteiger partial charge in [-0.15, -0.1) is 11.3 Å². The molecule has 3 aromatic carbocycles. The van der Waals surface area contributed by atoms with Crippen molar-refractivity contribution >= 4 is 33.4 Å². The number of anilines is 1. The van der Waals surface area contributed by atoms with Crippen molar-refractivity contribution in [3.8, 4) is 22.8 Å². The first kappa shape index (κ1) is 21.7. The molecule has 0 bridgehead atoms. The number of hydrogen-bond donors (Lipinski definition) is 1. The van der Waals surface area contributed by atoms with Crippen molar-refractivity contribution in [1.29, 1.82) is 0 Å².